The van der Waals surface area contributed by atoms with Gasteiger partial charge in [-0.3, -0.25) is 0 Å². The van der Waals surface area contributed by atoms with Crippen LogP contribution < -0.4 is 4.90 Å². The molecule has 2 aromatic rings. The van der Waals surface area contributed by atoms with E-state index >= 15 is 0 Å². The third-order valence-corrected chi connectivity index (χ3v) is 2.42. The number of fused-ring (bicyclic) bond motifs is 1. The van der Waals surface area contributed by atoms with Crippen molar-refractivity contribution in [2.75, 3.05) is 19.0 Å². The van der Waals surface area contributed by atoms with Gasteiger partial charge in [0, 0.05) is 19.5 Å². The average Bonchev–Trinajstić information content (AvgIpc) is 2.18. The van der Waals surface area contributed by atoms with Crippen molar-refractivity contribution < 1.29 is 0 Å². The second kappa shape index (κ2) is 3.46. The SMILES string of the molecule is CN(C)c1ccc2cccc(Cl)c2n1. The number of pyridine rings is 1. The van der Waals surface area contributed by atoms with Crippen LogP contribution >= 0.6 is 11.6 Å². The third-order valence-electron chi connectivity index (χ3n) is 2.11. The summed E-state index contributed by atoms with van der Waals surface area (Å²) in [6.45, 7) is 0. The average molecular weight is 207 g/mol. The van der Waals surface area contributed by atoms with Crippen molar-refractivity contribution in [2.24, 2.45) is 0 Å². The molecule has 0 aliphatic rings. The summed E-state index contributed by atoms with van der Waals surface area (Å²) in [5, 5.41) is 1.77. The van der Waals surface area contributed by atoms with Gasteiger partial charge in [-0.2, -0.15) is 0 Å². The van der Waals surface area contributed by atoms with Gasteiger partial charge in [0.2, 0.25) is 0 Å². The standard InChI is InChI=1S/C11H11ClN2/c1-14(2)10-7-6-8-4-3-5-9(12)11(8)13-10/h3-7H,1-2H3. The smallest absolute Gasteiger partial charge is 0.128 e. The normalized spacial score (nSPS) is 10.5. The van der Waals surface area contributed by atoms with E-state index in [0.29, 0.717) is 5.02 Å². The lowest BCUT2D eigenvalue weighted by atomic mass is 10.2. The van der Waals surface area contributed by atoms with E-state index in [1.807, 2.05) is 49.3 Å². The number of nitrogens with zero attached hydrogens (tertiary/aromatic N) is 2. The molecular formula is C11H11ClN2. The lowest BCUT2D eigenvalue weighted by Crippen LogP contribution is -2.10. The van der Waals surface area contributed by atoms with Crippen molar-refractivity contribution in [3.63, 3.8) is 0 Å². The minimum Gasteiger partial charge on any atom is -0.363 e. The van der Waals surface area contributed by atoms with Gasteiger partial charge in [-0.1, -0.05) is 23.7 Å². The first kappa shape index (κ1) is 9.28. The molecule has 3 heteroatoms. The fourth-order valence-electron chi connectivity index (χ4n) is 1.35. The van der Waals surface area contributed by atoms with Gasteiger partial charge >= 0.3 is 0 Å². The van der Waals surface area contributed by atoms with E-state index in [4.69, 9.17) is 11.6 Å². The minimum absolute atomic E-state index is 0.700. The van der Waals surface area contributed by atoms with Crippen LogP contribution in [0.25, 0.3) is 10.9 Å². The Morgan fingerprint density at radius 1 is 1.14 bits per heavy atom. The highest BCUT2D eigenvalue weighted by Crippen LogP contribution is 2.23. The van der Waals surface area contributed by atoms with Gasteiger partial charge in [0.1, 0.15) is 5.82 Å². The molecule has 0 N–H and O–H groups in total. The molecule has 0 amide bonds. The van der Waals surface area contributed by atoms with Gasteiger partial charge in [-0.15, -0.1) is 0 Å². The quantitative estimate of drug-likeness (QED) is 0.713. The summed E-state index contributed by atoms with van der Waals surface area (Å²) in [5.74, 6) is 0.922. The maximum absolute atomic E-state index is 6.05. The largest absolute Gasteiger partial charge is 0.363 e. The van der Waals surface area contributed by atoms with Crippen molar-refractivity contribution >= 4 is 28.3 Å². The van der Waals surface area contributed by atoms with E-state index in [0.717, 1.165) is 16.7 Å². The van der Waals surface area contributed by atoms with Crippen LogP contribution in [0.4, 0.5) is 5.82 Å². The van der Waals surface area contributed by atoms with Gasteiger partial charge in [-0.05, 0) is 18.2 Å². The molecule has 0 saturated heterocycles. The molecule has 1 heterocycles. The van der Waals surface area contributed by atoms with Crippen molar-refractivity contribution in [1.29, 1.82) is 0 Å². The Kier molecular flexibility index (Phi) is 2.30. The molecule has 2 rings (SSSR count). The van der Waals surface area contributed by atoms with E-state index < -0.39 is 0 Å². The second-order valence-corrected chi connectivity index (χ2v) is 3.78. The Morgan fingerprint density at radius 2 is 1.93 bits per heavy atom. The molecule has 0 radical (unpaired) electrons. The topological polar surface area (TPSA) is 16.1 Å². The van der Waals surface area contributed by atoms with E-state index in [-0.39, 0.29) is 0 Å². The van der Waals surface area contributed by atoms with E-state index in [1.165, 1.54) is 0 Å². The van der Waals surface area contributed by atoms with Crippen LogP contribution in [0.3, 0.4) is 0 Å². The summed E-state index contributed by atoms with van der Waals surface area (Å²) in [6, 6.07) is 9.81. The Labute approximate surface area is 88.1 Å². The van der Waals surface area contributed by atoms with Crippen molar-refractivity contribution in [1.82, 2.24) is 4.98 Å². The zero-order valence-corrected chi connectivity index (χ0v) is 8.92. The fourth-order valence-corrected chi connectivity index (χ4v) is 1.57. The zero-order chi connectivity index (χ0) is 10.1. The molecule has 0 aliphatic carbocycles. The highest BCUT2D eigenvalue weighted by atomic mass is 35.5. The molecule has 0 atom stereocenters. The number of aromatic nitrogens is 1. The van der Waals surface area contributed by atoms with Crippen molar-refractivity contribution in [3.8, 4) is 0 Å². The van der Waals surface area contributed by atoms with Crippen LogP contribution in [0, 0.1) is 0 Å². The number of benzene rings is 1. The number of anilines is 1. The van der Waals surface area contributed by atoms with Crippen LogP contribution in [0.2, 0.25) is 5.02 Å². The van der Waals surface area contributed by atoms with E-state index in [1.54, 1.807) is 0 Å². The first-order chi connectivity index (χ1) is 6.68. The summed E-state index contributed by atoms with van der Waals surface area (Å²) in [6.07, 6.45) is 0. The van der Waals surface area contributed by atoms with E-state index in [2.05, 4.69) is 4.98 Å². The maximum atomic E-state index is 6.05. The number of hydrogen-bond acceptors (Lipinski definition) is 2. The lowest BCUT2D eigenvalue weighted by molar-refractivity contribution is 1.08. The molecule has 0 aliphatic heterocycles. The molecule has 14 heavy (non-hydrogen) atoms. The van der Waals surface area contributed by atoms with Gasteiger partial charge in [-0.25, -0.2) is 4.98 Å². The number of halogens is 1. The summed E-state index contributed by atoms with van der Waals surface area (Å²) in [7, 11) is 3.93. The predicted octanol–water partition coefficient (Wildman–Crippen LogP) is 2.95. The van der Waals surface area contributed by atoms with Gasteiger partial charge in [0.25, 0.3) is 0 Å². The summed E-state index contributed by atoms with van der Waals surface area (Å²) in [4.78, 5) is 6.43. The van der Waals surface area contributed by atoms with Crippen molar-refractivity contribution in [2.45, 2.75) is 0 Å². The van der Waals surface area contributed by atoms with E-state index in [9.17, 15) is 0 Å². The molecule has 0 saturated carbocycles. The molecule has 1 aromatic heterocycles. The molecule has 2 nitrogen and oxygen atoms in total. The third kappa shape index (κ3) is 1.53. The van der Waals surface area contributed by atoms with Crippen molar-refractivity contribution in [3.05, 3.63) is 35.4 Å². The summed E-state index contributed by atoms with van der Waals surface area (Å²) >= 11 is 6.05. The molecule has 0 unspecified atom stereocenters. The van der Waals surface area contributed by atoms with Gasteiger partial charge in [0.15, 0.2) is 0 Å². The van der Waals surface area contributed by atoms with Crippen LogP contribution in [-0.2, 0) is 0 Å². The Balaban J connectivity index is 2.70. The fraction of sp³-hybridized carbons (Fsp3) is 0.182. The molecule has 0 fully saturated rings. The maximum Gasteiger partial charge on any atom is 0.128 e. The monoisotopic (exact) mass is 206 g/mol. The Hall–Kier alpha value is -1.28. The Bertz CT molecular complexity index is 466. The molecule has 1 aromatic carbocycles. The zero-order valence-electron chi connectivity index (χ0n) is 8.16. The van der Waals surface area contributed by atoms with Crippen LogP contribution in [0.1, 0.15) is 0 Å². The summed E-state index contributed by atoms with van der Waals surface area (Å²) in [5.41, 5.74) is 0.861. The van der Waals surface area contributed by atoms with Gasteiger partial charge < -0.3 is 4.90 Å². The molecular weight excluding hydrogens is 196 g/mol. The first-order valence-corrected chi connectivity index (χ1v) is 4.79. The highest BCUT2D eigenvalue weighted by molar-refractivity contribution is 6.35. The first-order valence-electron chi connectivity index (χ1n) is 4.41. The van der Waals surface area contributed by atoms with Crippen LogP contribution in [0.15, 0.2) is 30.3 Å². The highest BCUT2D eigenvalue weighted by Gasteiger charge is 2.02. The number of para-hydroxylation sites is 1. The molecule has 0 bridgehead atoms. The molecule has 72 valence electrons. The lowest BCUT2D eigenvalue weighted by Gasteiger charge is -2.11. The second-order valence-electron chi connectivity index (χ2n) is 3.38. The molecule has 0 spiro atoms. The van der Waals surface area contributed by atoms with Crippen LogP contribution in [0.5, 0.6) is 0 Å². The number of hydrogen-bond donors (Lipinski definition) is 0. The minimum atomic E-state index is 0.700. The summed E-state index contributed by atoms with van der Waals surface area (Å²) < 4.78 is 0. The predicted molar refractivity (Wildman–Crippen MR) is 61.1 cm³/mol. The van der Waals surface area contributed by atoms with Crippen LogP contribution in [-0.4, -0.2) is 19.1 Å². The number of rotatable bonds is 1. The Morgan fingerprint density at radius 3 is 2.64 bits per heavy atom. The van der Waals surface area contributed by atoms with Gasteiger partial charge in [0.05, 0.1) is 10.5 Å².